The molecule has 5 heteroatoms. The zero-order valence-electron chi connectivity index (χ0n) is 16.7. The van der Waals surface area contributed by atoms with E-state index in [4.69, 9.17) is 0 Å². The maximum absolute atomic E-state index is 13.3. The summed E-state index contributed by atoms with van der Waals surface area (Å²) < 4.78 is 15.1. The number of aromatic carboxylic acids is 1. The number of aryl methyl sites for hydroxylation is 1. The molecular formula is C24H26FN2O2-. The van der Waals surface area contributed by atoms with E-state index in [9.17, 15) is 14.3 Å². The monoisotopic (exact) mass is 393 g/mol. The van der Waals surface area contributed by atoms with Crippen molar-refractivity contribution < 1.29 is 14.3 Å². The van der Waals surface area contributed by atoms with E-state index in [1.165, 1.54) is 31.4 Å². The number of carbonyl (C=O) groups excluding carboxylic acids is 1. The van der Waals surface area contributed by atoms with Crippen LogP contribution in [0.25, 0.3) is 10.9 Å². The van der Waals surface area contributed by atoms with E-state index >= 15 is 0 Å². The Morgan fingerprint density at radius 2 is 1.86 bits per heavy atom. The summed E-state index contributed by atoms with van der Waals surface area (Å²) in [5, 5.41) is 16.7. The molecule has 4 nitrogen and oxygen atoms in total. The van der Waals surface area contributed by atoms with E-state index in [1.54, 1.807) is 16.7 Å². The topological polar surface area (TPSA) is 57.1 Å². The largest absolute Gasteiger partial charge is 0.543 e. The highest BCUT2D eigenvalue weighted by Crippen LogP contribution is 2.29. The number of nitrogens with one attached hydrogen (secondary N) is 1. The Hall–Kier alpha value is -2.66. The number of carboxylic acid groups (broad SMARTS) is 1. The number of halogens is 1. The van der Waals surface area contributed by atoms with E-state index in [0.717, 1.165) is 40.4 Å². The Morgan fingerprint density at radius 1 is 1.14 bits per heavy atom. The van der Waals surface area contributed by atoms with Crippen LogP contribution in [0.3, 0.4) is 0 Å². The molecule has 0 spiro atoms. The number of carbonyl (C=O) groups is 1. The highest BCUT2D eigenvalue weighted by molar-refractivity contribution is 5.97. The maximum Gasteiger partial charge on any atom is 0.123 e. The lowest BCUT2D eigenvalue weighted by atomic mass is 9.95. The van der Waals surface area contributed by atoms with Gasteiger partial charge in [0.05, 0.1) is 11.7 Å². The molecule has 0 amide bonds. The van der Waals surface area contributed by atoms with Crippen LogP contribution in [-0.2, 0) is 13.1 Å². The molecule has 3 aromatic rings. The van der Waals surface area contributed by atoms with Gasteiger partial charge in [-0.2, -0.15) is 0 Å². The first-order chi connectivity index (χ1) is 14.0. The second-order valence-electron chi connectivity index (χ2n) is 8.06. The van der Waals surface area contributed by atoms with Gasteiger partial charge in [-0.1, -0.05) is 43.5 Å². The number of hydrogen-bond donors (Lipinski definition) is 1. The molecule has 0 atom stereocenters. The average Bonchev–Trinajstić information content (AvgIpc) is 3.01. The summed E-state index contributed by atoms with van der Waals surface area (Å²) in [4.78, 5) is 12.2. The molecule has 1 aliphatic rings. The van der Waals surface area contributed by atoms with Crippen molar-refractivity contribution in [1.82, 2.24) is 9.88 Å². The molecule has 1 aliphatic carbocycles. The van der Waals surface area contributed by atoms with Gasteiger partial charge in [0.25, 0.3) is 0 Å². The molecule has 4 rings (SSSR count). The van der Waals surface area contributed by atoms with Gasteiger partial charge in [0, 0.05) is 35.6 Å². The number of fused-ring (bicyclic) bond motifs is 1. The van der Waals surface area contributed by atoms with Crippen LogP contribution in [-0.4, -0.2) is 16.6 Å². The minimum absolute atomic E-state index is 0.207. The minimum atomic E-state index is -1.18. The summed E-state index contributed by atoms with van der Waals surface area (Å²) in [6.45, 7) is 2.85. The molecule has 1 fully saturated rings. The molecule has 0 saturated heterocycles. The summed E-state index contributed by atoms with van der Waals surface area (Å²) in [7, 11) is 0. The molecule has 152 valence electrons. The van der Waals surface area contributed by atoms with Crippen molar-refractivity contribution in [3.05, 3.63) is 70.7 Å². The Morgan fingerprint density at radius 3 is 2.55 bits per heavy atom. The van der Waals surface area contributed by atoms with Gasteiger partial charge in [-0.05, 0) is 49.1 Å². The van der Waals surface area contributed by atoms with Gasteiger partial charge in [0.15, 0.2) is 0 Å². The number of aromatic nitrogens is 1. The molecular weight excluding hydrogens is 367 g/mol. The minimum Gasteiger partial charge on any atom is -0.543 e. The summed E-state index contributed by atoms with van der Waals surface area (Å²) in [5.41, 5.74) is 3.76. The van der Waals surface area contributed by atoms with Gasteiger partial charge in [-0.15, -0.1) is 0 Å². The number of rotatable bonds is 6. The summed E-state index contributed by atoms with van der Waals surface area (Å²) in [6, 6.07) is 12.6. The van der Waals surface area contributed by atoms with Crippen molar-refractivity contribution in [3.8, 4) is 0 Å². The molecule has 0 radical (unpaired) electrons. The maximum atomic E-state index is 13.3. The highest BCUT2D eigenvalue weighted by atomic mass is 19.1. The Labute approximate surface area is 170 Å². The SMILES string of the molecule is Cc1ccc2c(CNC3CCCCC3)c(C(=O)[O-])n(Cc3ccc(F)cc3)c2c1. The average molecular weight is 393 g/mol. The fraction of sp³-hybridized carbons (Fsp3) is 0.375. The van der Waals surface area contributed by atoms with E-state index in [0.29, 0.717) is 19.1 Å². The van der Waals surface area contributed by atoms with Crippen molar-refractivity contribution in [2.75, 3.05) is 0 Å². The molecule has 1 N–H and O–H groups in total. The molecule has 1 aromatic heterocycles. The molecule has 1 saturated carbocycles. The van der Waals surface area contributed by atoms with Crippen LogP contribution >= 0.6 is 0 Å². The standard InChI is InChI=1S/C24H27FN2O2/c1-16-7-12-20-21(14-26-19-5-3-2-4-6-19)23(24(28)29)27(22(20)13-16)15-17-8-10-18(25)11-9-17/h7-13,19,26H,2-6,14-15H2,1H3,(H,28,29)/p-1. The van der Waals surface area contributed by atoms with Gasteiger partial charge >= 0.3 is 0 Å². The lowest BCUT2D eigenvalue weighted by Crippen LogP contribution is -2.32. The first-order valence-corrected chi connectivity index (χ1v) is 10.3. The van der Waals surface area contributed by atoms with Crippen molar-refractivity contribution >= 4 is 16.9 Å². The van der Waals surface area contributed by atoms with Crippen LogP contribution in [0.1, 0.15) is 59.3 Å². The van der Waals surface area contributed by atoms with Crippen molar-refractivity contribution in [2.24, 2.45) is 0 Å². The Bertz CT molecular complexity index is 1020. The third-order valence-electron chi connectivity index (χ3n) is 5.94. The molecule has 0 aliphatic heterocycles. The van der Waals surface area contributed by atoms with Crippen LogP contribution in [0, 0.1) is 12.7 Å². The highest BCUT2D eigenvalue weighted by Gasteiger charge is 2.20. The van der Waals surface area contributed by atoms with Gasteiger partial charge in [-0.3, -0.25) is 0 Å². The van der Waals surface area contributed by atoms with E-state index in [1.807, 2.05) is 25.1 Å². The van der Waals surface area contributed by atoms with E-state index in [2.05, 4.69) is 5.32 Å². The van der Waals surface area contributed by atoms with E-state index < -0.39 is 5.97 Å². The second kappa shape index (κ2) is 8.37. The van der Waals surface area contributed by atoms with Gasteiger partial charge in [0.1, 0.15) is 5.82 Å². The van der Waals surface area contributed by atoms with Crippen molar-refractivity contribution in [3.63, 3.8) is 0 Å². The Kier molecular flexibility index (Phi) is 5.67. The molecule has 29 heavy (non-hydrogen) atoms. The number of hydrogen-bond acceptors (Lipinski definition) is 3. The molecule has 2 aromatic carbocycles. The molecule has 0 unspecified atom stereocenters. The Balaban J connectivity index is 1.76. The predicted octanol–water partition coefficient (Wildman–Crippen LogP) is 3.92. The number of benzene rings is 2. The summed E-state index contributed by atoms with van der Waals surface area (Å²) in [6.07, 6.45) is 5.98. The number of carboxylic acids is 1. The van der Waals surface area contributed by atoms with Crippen LogP contribution < -0.4 is 10.4 Å². The van der Waals surface area contributed by atoms with Gasteiger partial charge in [0.2, 0.25) is 0 Å². The van der Waals surface area contributed by atoms with Crippen LogP contribution in [0.2, 0.25) is 0 Å². The molecule has 1 heterocycles. The van der Waals surface area contributed by atoms with Gasteiger partial charge in [-0.25, -0.2) is 4.39 Å². The van der Waals surface area contributed by atoms with Crippen molar-refractivity contribution in [1.29, 1.82) is 0 Å². The van der Waals surface area contributed by atoms with Crippen molar-refractivity contribution in [2.45, 2.75) is 58.2 Å². The predicted molar refractivity (Wildman–Crippen MR) is 110 cm³/mol. The molecule has 0 bridgehead atoms. The lowest BCUT2D eigenvalue weighted by Gasteiger charge is -2.23. The summed E-state index contributed by atoms with van der Waals surface area (Å²) in [5.74, 6) is -1.49. The van der Waals surface area contributed by atoms with E-state index in [-0.39, 0.29) is 11.5 Å². The lowest BCUT2D eigenvalue weighted by molar-refractivity contribution is -0.255. The normalized spacial score (nSPS) is 15.1. The second-order valence-corrected chi connectivity index (χ2v) is 8.06. The number of nitrogens with zero attached hydrogens (tertiary/aromatic N) is 1. The van der Waals surface area contributed by atoms with Gasteiger partial charge < -0.3 is 19.8 Å². The first kappa shape index (κ1) is 19.6. The van der Waals surface area contributed by atoms with Crippen LogP contribution in [0.4, 0.5) is 4.39 Å². The first-order valence-electron chi connectivity index (χ1n) is 10.3. The summed E-state index contributed by atoms with van der Waals surface area (Å²) >= 11 is 0. The third kappa shape index (κ3) is 4.20. The third-order valence-corrected chi connectivity index (χ3v) is 5.94. The fourth-order valence-electron chi connectivity index (χ4n) is 4.43. The van der Waals surface area contributed by atoms with Crippen LogP contribution in [0.15, 0.2) is 42.5 Å². The van der Waals surface area contributed by atoms with Crippen LogP contribution in [0.5, 0.6) is 0 Å². The zero-order valence-corrected chi connectivity index (χ0v) is 16.7. The zero-order chi connectivity index (χ0) is 20.4. The fourth-order valence-corrected chi connectivity index (χ4v) is 4.43. The quantitative estimate of drug-likeness (QED) is 0.691. The smallest absolute Gasteiger partial charge is 0.123 e.